The molecule has 0 aromatic heterocycles. The van der Waals surface area contributed by atoms with Crippen molar-refractivity contribution in [1.82, 2.24) is 20.4 Å². The molecule has 0 bridgehead atoms. The lowest BCUT2D eigenvalue weighted by molar-refractivity contribution is -0.138. The van der Waals surface area contributed by atoms with Gasteiger partial charge >= 0.3 is 0 Å². The Kier molecular flexibility index (Phi) is 5.12. The molecule has 2 N–H and O–H groups in total. The molecule has 0 saturated carbocycles. The number of likely N-dealkylation sites (N-methyl/N-ethyl adjacent to an activating group) is 1. The lowest BCUT2D eigenvalue weighted by atomic mass is 10.2. The van der Waals surface area contributed by atoms with E-state index in [-0.39, 0.29) is 17.9 Å². The molecule has 7 nitrogen and oxygen atoms in total. The van der Waals surface area contributed by atoms with Crippen molar-refractivity contribution >= 4 is 11.8 Å². The van der Waals surface area contributed by atoms with E-state index in [4.69, 9.17) is 4.74 Å². The molecule has 2 fully saturated rings. The fourth-order valence-corrected chi connectivity index (χ4v) is 2.35. The summed E-state index contributed by atoms with van der Waals surface area (Å²) in [6.45, 7) is 5.10. The second-order valence-electron chi connectivity index (χ2n) is 4.86. The number of hydrogen-bond donors (Lipinski definition) is 2. The van der Waals surface area contributed by atoms with Crippen LogP contribution >= 0.6 is 0 Å². The zero-order valence-corrected chi connectivity index (χ0v) is 11.4. The normalized spacial score (nSPS) is 25.1. The molecule has 0 aliphatic carbocycles. The van der Waals surface area contributed by atoms with Crippen molar-refractivity contribution in [3.63, 3.8) is 0 Å². The number of rotatable bonds is 3. The maximum atomic E-state index is 12.2. The molecule has 108 valence electrons. The van der Waals surface area contributed by atoms with Crippen molar-refractivity contribution in [3.8, 4) is 0 Å². The van der Waals surface area contributed by atoms with Crippen LogP contribution in [0.15, 0.2) is 0 Å². The van der Waals surface area contributed by atoms with E-state index in [1.54, 1.807) is 7.05 Å². The molecule has 7 heteroatoms. The van der Waals surface area contributed by atoms with Crippen molar-refractivity contribution in [3.05, 3.63) is 0 Å². The first-order chi connectivity index (χ1) is 9.20. The van der Waals surface area contributed by atoms with Gasteiger partial charge in [0.05, 0.1) is 19.8 Å². The summed E-state index contributed by atoms with van der Waals surface area (Å²) in [6.07, 6.45) is 0. The molecule has 2 aliphatic rings. The number of piperazine rings is 1. The first-order valence-electron chi connectivity index (χ1n) is 6.73. The molecule has 0 aromatic carbocycles. The molecule has 2 amide bonds. The largest absolute Gasteiger partial charge is 0.378 e. The lowest BCUT2D eigenvalue weighted by Gasteiger charge is -2.36. The Morgan fingerprint density at radius 2 is 2.05 bits per heavy atom. The Balaban J connectivity index is 1.76. The molecule has 0 spiro atoms. The van der Waals surface area contributed by atoms with E-state index in [0.717, 1.165) is 19.6 Å². The minimum Gasteiger partial charge on any atom is -0.378 e. The van der Waals surface area contributed by atoms with E-state index in [9.17, 15) is 9.59 Å². The summed E-state index contributed by atoms with van der Waals surface area (Å²) in [5.41, 5.74) is 0. The Labute approximate surface area is 113 Å². The average molecular weight is 270 g/mol. The predicted molar refractivity (Wildman–Crippen MR) is 69.7 cm³/mol. The third-order valence-electron chi connectivity index (χ3n) is 3.55. The third-order valence-corrected chi connectivity index (χ3v) is 3.55. The smallest absolute Gasteiger partial charge is 0.242 e. The summed E-state index contributed by atoms with van der Waals surface area (Å²) in [4.78, 5) is 27.4. The predicted octanol–water partition coefficient (Wildman–Crippen LogP) is -2.13. The first-order valence-corrected chi connectivity index (χ1v) is 6.73. The van der Waals surface area contributed by atoms with Crippen LogP contribution in [-0.2, 0) is 14.3 Å². The third kappa shape index (κ3) is 3.89. The van der Waals surface area contributed by atoms with Crippen molar-refractivity contribution in [2.24, 2.45) is 0 Å². The Morgan fingerprint density at radius 3 is 2.63 bits per heavy atom. The van der Waals surface area contributed by atoms with Crippen molar-refractivity contribution in [2.75, 3.05) is 59.5 Å². The van der Waals surface area contributed by atoms with Crippen LogP contribution in [0, 0.1) is 0 Å². The van der Waals surface area contributed by atoms with E-state index in [0.29, 0.717) is 32.8 Å². The van der Waals surface area contributed by atoms with Gasteiger partial charge in [-0.1, -0.05) is 0 Å². The fraction of sp³-hybridized carbons (Fsp3) is 0.833. The molecule has 19 heavy (non-hydrogen) atoms. The molecule has 0 aromatic rings. The van der Waals surface area contributed by atoms with Crippen molar-refractivity contribution in [2.45, 2.75) is 6.04 Å². The molecule has 2 heterocycles. The highest BCUT2D eigenvalue weighted by atomic mass is 16.5. The standard InChI is InChI=1S/C12H22N4O3/c1-13-11(17)8-15-3-5-16(6-4-15)12(18)10-9-19-7-2-14-10/h10,14H,2-9H2,1H3,(H,13,17). The second-order valence-corrected chi connectivity index (χ2v) is 4.86. The number of nitrogens with one attached hydrogen (secondary N) is 2. The number of hydrogen-bond acceptors (Lipinski definition) is 5. The van der Waals surface area contributed by atoms with E-state index in [1.807, 2.05) is 4.90 Å². The number of nitrogens with zero attached hydrogens (tertiary/aromatic N) is 2. The average Bonchev–Trinajstić information content (AvgIpc) is 2.48. The van der Waals surface area contributed by atoms with Crippen molar-refractivity contribution in [1.29, 1.82) is 0 Å². The van der Waals surface area contributed by atoms with Gasteiger partial charge in [-0.05, 0) is 0 Å². The molecule has 2 aliphatic heterocycles. The topological polar surface area (TPSA) is 73.9 Å². The highest BCUT2D eigenvalue weighted by Crippen LogP contribution is 2.05. The fourth-order valence-electron chi connectivity index (χ4n) is 2.35. The van der Waals surface area contributed by atoms with Crippen LogP contribution < -0.4 is 10.6 Å². The first kappa shape index (κ1) is 14.2. The van der Waals surface area contributed by atoms with Gasteiger partial charge in [-0.15, -0.1) is 0 Å². The van der Waals surface area contributed by atoms with Crippen LogP contribution in [0.25, 0.3) is 0 Å². The maximum absolute atomic E-state index is 12.2. The van der Waals surface area contributed by atoms with E-state index < -0.39 is 0 Å². The number of morpholine rings is 1. The van der Waals surface area contributed by atoms with Crippen LogP contribution in [0.1, 0.15) is 0 Å². The van der Waals surface area contributed by atoms with E-state index in [2.05, 4.69) is 15.5 Å². The summed E-state index contributed by atoms with van der Waals surface area (Å²) < 4.78 is 5.31. The zero-order valence-electron chi connectivity index (χ0n) is 11.4. The Bertz CT molecular complexity index is 323. The quantitative estimate of drug-likeness (QED) is 0.612. The number of amides is 2. The van der Waals surface area contributed by atoms with Gasteiger partial charge in [-0.3, -0.25) is 14.5 Å². The maximum Gasteiger partial charge on any atom is 0.242 e. The van der Waals surface area contributed by atoms with E-state index >= 15 is 0 Å². The van der Waals surface area contributed by atoms with Gasteiger partial charge in [-0.2, -0.15) is 0 Å². The summed E-state index contributed by atoms with van der Waals surface area (Å²) in [6, 6.07) is -0.209. The van der Waals surface area contributed by atoms with Gasteiger partial charge in [0.2, 0.25) is 11.8 Å². The van der Waals surface area contributed by atoms with Gasteiger partial charge in [0.25, 0.3) is 0 Å². The van der Waals surface area contributed by atoms with Gasteiger partial charge in [0, 0.05) is 39.8 Å². The summed E-state index contributed by atoms with van der Waals surface area (Å²) in [5, 5.41) is 5.79. The second kappa shape index (κ2) is 6.83. The summed E-state index contributed by atoms with van der Waals surface area (Å²) in [5.74, 6) is 0.126. The molecule has 0 radical (unpaired) electrons. The van der Waals surface area contributed by atoms with Gasteiger partial charge in [-0.25, -0.2) is 0 Å². The molecule has 1 unspecified atom stereocenters. The minimum absolute atomic E-state index is 0.0159. The summed E-state index contributed by atoms with van der Waals surface area (Å²) >= 11 is 0. The van der Waals surface area contributed by atoms with Crippen LogP contribution in [0.5, 0.6) is 0 Å². The Morgan fingerprint density at radius 1 is 1.32 bits per heavy atom. The highest BCUT2D eigenvalue weighted by molar-refractivity contribution is 5.82. The van der Waals surface area contributed by atoms with Crippen molar-refractivity contribution < 1.29 is 14.3 Å². The summed E-state index contributed by atoms with van der Waals surface area (Å²) in [7, 11) is 1.64. The Hall–Kier alpha value is -1.18. The highest BCUT2D eigenvalue weighted by Gasteiger charge is 2.28. The number of carbonyl (C=O) groups is 2. The van der Waals surface area contributed by atoms with Crippen LogP contribution in [0.2, 0.25) is 0 Å². The zero-order chi connectivity index (χ0) is 13.7. The van der Waals surface area contributed by atoms with Crippen LogP contribution in [-0.4, -0.2) is 87.2 Å². The minimum atomic E-state index is -0.209. The molecular weight excluding hydrogens is 248 g/mol. The monoisotopic (exact) mass is 270 g/mol. The van der Waals surface area contributed by atoms with Gasteiger partial charge in [0.15, 0.2) is 0 Å². The molecule has 2 rings (SSSR count). The number of carbonyl (C=O) groups excluding carboxylic acids is 2. The molecular formula is C12H22N4O3. The SMILES string of the molecule is CNC(=O)CN1CCN(C(=O)C2COCCN2)CC1. The number of ether oxygens (including phenoxy) is 1. The van der Waals surface area contributed by atoms with Gasteiger partial charge < -0.3 is 20.3 Å². The van der Waals surface area contributed by atoms with Crippen LogP contribution in [0.3, 0.4) is 0 Å². The van der Waals surface area contributed by atoms with Crippen LogP contribution in [0.4, 0.5) is 0 Å². The lowest BCUT2D eigenvalue weighted by Crippen LogP contribution is -2.57. The van der Waals surface area contributed by atoms with Gasteiger partial charge in [0.1, 0.15) is 6.04 Å². The molecule has 2 saturated heterocycles. The molecule has 1 atom stereocenters. The van der Waals surface area contributed by atoms with E-state index in [1.165, 1.54) is 0 Å².